The zero-order chi connectivity index (χ0) is 17.8. The molecule has 0 unspecified atom stereocenters. The summed E-state index contributed by atoms with van der Waals surface area (Å²) in [7, 11) is 0. The van der Waals surface area contributed by atoms with Crippen molar-refractivity contribution in [2.75, 3.05) is 18.5 Å². The van der Waals surface area contributed by atoms with Gasteiger partial charge >= 0.3 is 0 Å². The molecule has 7 heteroatoms. The van der Waals surface area contributed by atoms with Crippen LogP contribution in [0.15, 0.2) is 42.7 Å². The molecular formula is C19H20N4O2S. The first-order valence-corrected chi connectivity index (χ1v) is 9.41. The number of aryl methyl sites for hydroxylation is 1. The Morgan fingerprint density at radius 1 is 1.15 bits per heavy atom. The molecule has 0 aromatic carbocycles. The van der Waals surface area contributed by atoms with Crippen LogP contribution in [0.3, 0.4) is 0 Å². The summed E-state index contributed by atoms with van der Waals surface area (Å²) in [6.45, 7) is 3.55. The minimum atomic E-state index is 0.216. The smallest absolute Gasteiger partial charge is 0.138 e. The molecule has 6 nitrogen and oxygen atoms in total. The molecule has 1 fully saturated rings. The Balaban J connectivity index is 1.43. The van der Waals surface area contributed by atoms with Crippen molar-refractivity contribution in [3.63, 3.8) is 0 Å². The average Bonchev–Trinajstić information content (AvgIpc) is 3.14. The summed E-state index contributed by atoms with van der Waals surface area (Å²) >= 11 is 1.39. The number of rotatable bonds is 5. The van der Waals surface area contributed by atoms with Crippen molar-refractivity contribution >= 4 is 22.4 Å². The molecule has 4 heterocycles. The van der Waals surface area contributed by atoms with Crippen molar-refractivity contribution in [2.45, 2.75) is 25.9 Å². The second kappa shape index (κ2) is 7.80. The summed E-state index contributed by atoms with van der Waals surface area (Å²) < 4.78 is 15.8. The van der Waals surface area contributed by atoms with Crippen LogP contribution >= 0.6 is 11.5 Å². The van der Waals surface area contributed by atoms with Gasteiger partial charge < -0.3 is 14.8 Å². The molecule has 0 saturated carbocycles. The van der Waals surface area contributed by atoms with Gasteiger partial charge in [-0.15, -0.1) is 0 Å². The number of hydrogen-bond donors (Lipinski definition) is 1. The molecule has 0 amide bonds. The molecule has 0 spiro atoms. The lowest BCUT2D eigenvalue weighted by molar-refractivity contribution is 0.0254. The van der Waals surface area contributed by atoms with Gasteiger partial charge in [0, 0.05) is 25.1 Å². The SMILES string of the molecule is Cc1cccnc1Nc1cc(-c2ccc(OC3CCOCC3)cn2)ns1. The molecule has 1 aliphatic rings. The molecule has 26 heavy (non-hydrogen) atoms. The van der Waals surface area contributed by atoms with E-state index in [2.05, 4.69) is 19.7 Å². The molecule has 3 aromatic heterocycles. The molecule has 0 bridgehead atoms. The zero-order valence-corrected chi connectivity index (χ0v) is 15.3. The van der Waals surface area contributed by atoms with E-state index in [4.69, 9.17) is 9.47 Å². The van der Waals surface area contributed by atoms with Gasteiger partial charge in [0.1, 0.15) is 28.4 Å². The fourth-order valence-corrected chi connectivity index (χ4v) is 3.43. The van der Waals surface area contributed by atoms with Crippen LogP contribution in [-0.2, 0) is 4.74 Å². The van der Waals surface area contributed by atoms with Gasteiger partial charge in [-0.3, -0.25) is 4.98 Å². The molecule has 1 aliphatic heterocycles. The summed E-state index contributed by atoms with van der Waals surface area (Å²) in [5.41, 5.74) is 2.75. The fraction of sp³-hybridized carbons (Fsp3) is 0.316. The Kier molecular flexibility index (Phi) is 5.08. The van der Waals surface area contributed by atoms with E-state index in [1.54, 1.807) is 12.4 Å². The highest BCUT2D eigenvalue weighted by Gasteiger charge is 2.15. The summed E-state index contributed by atoms with van der Waals surface area (Å²) in [6.07, 6.45) is 5.61. The first kappa shape index (κ1) is 16.9. The number of nitrogens with one attached hydrogen (secondary N) is 1. The molecule has 4 rings (SSSR count). The molecule has 0 aliphatic carbocycles. The van der Waals surface area contributed by atoms with Crippen LogP contribution in [0.1, 0.15) is 18.4 Å². The van der Waals surface area contributed by atoms with Crippen molar-refractivity contribution in [2.24, 2.45) is 0 Å². The highest BCUT2D eigenvalue weighted by Crippen LogP contribution is 2.28. The van der Waals surface area contributed by atoms with E-state index in [1.165, 1.54) is 11.5 Å². The maximum atomic E-state index is 5.96. The van der Waals surface area contributed by atoms with Gasteiger partial charge in [0.25, 0.3) is 0 Å². The minimum absolute atomic E-state index is 0.216. The van der Waals surface area contributed by atoms with E-state index >= 15 is 0 Å². The first-order valence-electron chi connectivity index (χ1n) is 8.64. The Morgan fingerprint density at radius 2 is 2.04 bits per heavy atom. The van der Waals surface area contributed by atoms with Crippen LogP contribution in [0, 0.1) is 6.92 Å². The number of pyridine rings is 2. The highest BCUT2D eigenvalue weighted by molar-refractivity contribution is 7.10. The number of ether oxygens (including phenoxy) is 2. The van der Waals surface area contributed by atoms with Gasteiger partial charge in [-0.1, -0.05) is 6.07 Å². The lowest BCUT2D eigenvalue weighted by Gasteiger charge is -2.23. The number of nitrogens with zero attached hydrogens (tertiary/aromatic N) is 3. The number of anilines is 2. The Labute approximate surface area is 156 Å². The van der Waals surface area contributed by atoms with Crippen molar-refractivity contribution in [1.82, 2.24) is 14.3 Å². The summed E-state index contributed by atoms with van der Waals surface area (Å²) in [4.78, 5) is 8.85. The average molecular weight is 368 g/mol. The predicted molar refractivity (Wildman–Crippen MR) is 102 cm³/mol. The van der Waals surface area contributed by atoms with Crippen molar-refractivity contribution < 1.29 is 9.47 Å². The van der Waals surface area contributed by atoms with Crippen LogP contribution in [0.4, 0.5) is 10.8 Å². The van der Waals surface area contributed by atoms with Crippen LogP contribution in [0.2, 0.25) is 0 Å². The van der Waals surface area contributed by atoms with E-state index in [0.29, 0.717) is 0 Å². The second-order valence-electron chi connectivity index (χ2n) is 6.18. The number of hydrogen-bond acceptors (Lipinski definition) is 7. The van der Waals surface area contributed by atoms with Crippen molar-refractivity contribution in [3.05, 3.63) is 48.3 Å². The van der Waals surface area contributed by atoms with Crippen molar-refractivity contribution in [3.8, 4) is 17.1 Å². The van der Waals surface area contributed by atoms with Gasteiger partial charge in [0.05, 0.1) is 25.1 Å². The van der Waals surface area contributed by atoms with E-state index < -0.39 is 0 Å². The largest absolute Gasteiger partial charge is 0.489 e. The number of aromatic nitrogens is 3. The first-order chi connectivity index (χ1) is 12.8. The fourth-order valence-electron chi connectivity index (χ4n) is 2.78. The van der Waals surface area contributed by atoms with Crippen LogP contribution in [0.5, 0.6) is 5.75 Å². The van der Waals surface area contributed by atoms with Crippen molar-refractivity contribution in [1.29, 1.82) is 0 Å². The summed E-state index contributed by atoms with van der Waals surface area (Å²) in [5.74, 6) is 1.63. The van der Waals surface area contributed by atoms with Gasteiger partial charge in [-0.05, 0) is 42.2 Å². The van der Waals surface area contributed by atoms with Crippen LogP contribution < -0.4 is 10.1 Å². The molecule has 1 saturated heterocycles. The second-order valence-corrected chi connectivity index (χ2v) is 6.98. The molecule has 0 radical (unpaired) electrons. The third-order valence-corrected chi connectivity index (χ3v) is 4.94. The van der Waals surface area contributed by atoms with Crippen LogP contribution in [0.25, 0.3) is 11.4 Å². The van der Waals surface area contributed by atoms with E-state index in [-0.39, 0.29) is 6.10 Å². The zero-order valence-electron chi connectivity index (χ0n) is 14.5. The monoisotopic (exact) mass is 368 g/mol. The molecule has 3 aromatic rings. The van der Waals surface area contributed by atoms with E-state index in [1.807, 2.05) is 37.3 Å². The highest BCUT2D eigenvalue weighted by atomic mass is 32.1. The standard InChI is InChI=1S/C19H20N4O2S/c1-13-3-2-8-20-19(13)22-18-11-17(23-26-18)16-5-4-15(12-21-16)25-14-6-9-24-10-7-14/h2-5,8,11-12,14H,6-7,9-10H2,1H3,(H,20,22). The molecular weight excluding hydrogens is 348 g/mol. The lowest BCUT2D eigenvalue weighted by atomic mass is 10.1. The predicted octanol–water partition coefficient (Wildman–Crippen LogP) is 4.21. The lowest BCUT2D eigenvalue weighted by Crippen LogP contribution is -2.25. The van der Waals surface area contributed by atoms with E-state index in [0.717, 1.165) is 59.6 Å². The van der Waals surface area contributed by atoms with Gasteiger partial charge in [0.2, 0.25) is 0 Å². The Morgan fingerprint density at radius 3 is 2.81 bits per heavy atom. The Hall–Kier alpha value is -2.51. The summed E-state index contributed by atoms with van der Waals surface area (Å²) in [5, 5.41) is 4.24. The Bertz CT molecular complexity index is 860. The minimum Gasteiger partial charge on any atom is -0.489 e. The van der Waals surface area contributed by atoms with Crippen LogP contribution in [-0.4, -0.2) is 33.7 Å². The van der Waals surface area contributed by atoms with Gasteiger partial charge in [-0.25, -0.2) is 4.98 Å². The molecule has 134 valence electrons. The summed E-state index contributed by atoms with van der Waals surface area (Å²) in [6, 6.07) is 9.83. The maximum absolute atomic E-state index is 5.96. The topological polar surface area (TPSA) is 69.2 Å². The third-order valence-electron chi connectivity index (χ3n) is 4.23. The molecule has 1 N–H and O–H groups in total. The van der Waals surface area contributed by atoms with Gasteiger partial charge in [-0.2, -0.15) is 4.37 Å². The quantitative estimate of drug-likeness (QED) is 0.727. The van der Waals surface area contributed by atoms with Gasteiger partial charge in [0.15, 0.2) is 0 Å². The third kappa shape index (κ3) is 4.00. The normalized spacial score (nSPS) is 15.0. The molecule has 0 atom stereocenters. The maximum Gasteiger partial charge on any atom is 0.138 e. The van der Waals surface area contributed by atoms with E-state index in [9.17, 15) is 0 Å².